The molecule has 164 valence electrons. The van der Waals surface area contributed by atoms with Gasteiger partial charge in [-0.15, -0.1) is 10.2 Å². The van der Waals surface area contributed by atoms with E-state index >= 15 is 0 Å². The molecule has 1 heterocycles. The second kappa shape index (κ2) is 10.0. The maximum atomic E-state index is 12.5. The number of thioether (sulfide) groups is 1. The van der Waals surface area contributed by atoms with Crippen LogP contribution in [0.25, 0.3) is 0 Å². The van der Waals surface area contributed by atoms with E-state index < -0.39 is 0 Å². The normalized spacial score (nSPS) is 11.9. The van der Waals surface area contributed by atoms with Crippen LogP contribution >= 0.6 is 11.8 Å². The van der Waals surface area contributed by atoms with Crippen molar-refractivity contribution < 1.29 is 9.53 Å². The third-order valence-corrected chi connectivity index (χ3v) is 6.01. The predicted octanol–water partition coefficient (Wildman–Crippen LogP) is 5.40. The fourth-order valence-corrected chi connectivity index (χ4v) is 4.26. The van der Waals surface area contributed by atoms with Gasteiger partial charge in [-0.05, 0) is 64.8 Å². The topological polar surface area (TPSA) is 69.0 Å². The van der Waals surface area contributed by atoms with Gasteiger partial charge in [0, 0.05) is 12.2 Å². The quantitative estimate of drug-likeness (QED) is 0.477. The summed E-state index contributed by atoms with van der Waals surface area (Å²) in [4.78, 5) is 12.5. The molecule has 0 aliphatic carbocycles. The van der Waals surface area contributed by atoms with E-state index in [1.54, 1.807) is 0 Å². The van der Waals surface area contributed by atoms with Gasteiger partial charge in [0.1, 0.15) is 5.75 Å². The van der Waals surface area contributed by atoms with E-state index in [0.717, 1.165) is 28.4 Å². The van der Waals surface area contributed by atoms with Gasteiger partial charge in [0.05, 0.1) is 5.75 Å². The summed E-state index contributed by atoms with van der Waals surface area (Å²) in [5.41, 5.74) is 5.35. The van der Waals surface area contributed by atoms with E-state index in [9.17, 15) is 4.79 Å². The Hall–Kier alpha value is -2.80. The molecule has 0 fully saturated rings. The van der Waals surface area contributed by atoms with E-state index in [1.807, 2.05) is 63.5 Å². The number of anilines is 1. The molecule has 0 spiro atoms. The van der Waals surface area contributed by atoms with E-state index in [1.165, 1.54) is 22.9 Å². The number of rotatable bonds is 8. The van der Waals surface area contributed by atoms with Crippen LogP contribution in [0.4, 0.5) is 5.69 Å². The largest absolute Gasteiger partial charge is 0.482 e. The van der Waals surface area contributed by atoms with Gasteiger partial charge in [0.2, 0.25) is 5.91 Å². The number of aromatic nitrogens is 3. The second-order valence-electron chi connectivity index (χ2n) is 7.77. The molecule has 1 unspecified atom stereocenters. The molecule has 0 aliphatic rings. The fourth-order valence-electron chi connectivity index (χ4n) is 3.45. The Kier molecular flexibility index (Phi) is 7.38. The van der Waals surface area contributed by atoms with Crippen LogP contribution in [0.3, 0.4) is 0 Å². The Morgan fingerprint density at radius 2 is 1.74 bits per heavy atom. The van der Waals surface area contributed by atoms with Crippen molar-refractivity contribution in [2.24, 2.45) is 0 Å². The van der Waals surface area contributed by atoms with Crippen molar-refractivity contribution in [1.29, 1.82) is 0 Å². The van der Waals surface area contributed by atoms with Gasteiger partial charge in [-0.3, -0.25) is 4.79 Å². The average molecular weight is 439 g/mol. The molecule has 0 saturated carbocycles. The van der Waals surface area contributed by atoms with Gasteiger partial charge in [-0.2, -0.15) is 0 Å². The fraction of sp³-hybridized carbons (Fsp3) is 0.375. The summed E-state index contributed by atoms with van der Waals surface area (Å²) < 4.78 is 8.16. The maximum absolute atomic E-state index is 12.5. The highest BCUT2D eigenvalue weighted by atomic mass is 32.2. The van der Waals surface area contributed by atoms with Gasteiger partial charge < -0.3 is 14.6 Å². The summed E-state index contributed by atoms with van der Waals surface area (Å²) in [6.45, 7) is 12.8. The van der Waals surface area contributed by atoms with Gasteiger partial charge in [0.25, 0.3) is 0 Å². The molecule has 0 bridgehead atoms. The molecule has 0 saturated heterocycles. The Labute approximate surface area is 188 Å². The Bertz CT molecular complexity index is 1080. The molecule has 3 aromatic rings. The van der Waals surface area contributed by atoms with Crippen molar-refractivity contribution in [2.75, 3.05) is 11.1 Å². The SMILES string of the molecule is CCn1c(SCC(=O)Nc2ccc(C)cc2C)nnc1C(C)Oc1ccc(C)cc1C. The lowest BCUT2D eigenvalue weighted by molar-refractivity contribution is -0.113. The molecule has 3 rings (SSSR count). The highest BCUT2D eigenvalue weighted by Crippen LogP contribution is 2.27. The number of benzene rings is 2. The first kappa shape index (κ1) is 22.9. The molecule has 6 nitrogen and oxygen atoms in total. The number of hydrogen-bond acceptors (Lipinski definition) is 5. The Morgan fingerprint density at radius 3 is 2.39 bits per heavy atom. The minimum atomic E-state index is -0.257. The van der Waals surface area contributed by atoms with Crippen LogP contribution in [0.2, 0.25) is 0 Å². The monoisotopic (exact) mass is 438 g/mol. The minimum Gasteiger partial charge on any atom is -0.482 e. The number of amides is 1. The second-order valence-corrected chi connectivity index (χ2v) is 8.71. The number of ether oxygens (including phenoxy) is 1. The summed E-state index contributed by atoms with van der Waals surface area (Å²) in [6, 6.07) is 12.1. The third-order valence-electron chi connectivity index (χ3n) is 5.05. The molecule has 31 heavy (non-hydrogen) atoms. The first-order valence-corrected chi connectivity index (χ1v) is 11.4. The van der Waals surface area contributed by atoms with E-state index in [-0.39, 0.29) is 17.8 Å². The Morgan fingerprint density at radius 1 is 1.06 bits per heavy atom. The number of nitrogens with one attached hydrogen (secondary N) is 1. The summed E-state index contributed by atoms with van der Waals surface area (Å²) in [7, 11) is 0. The van der Waals surface area contributed by atoms with Crippen molar-refractivity contribution in [3.05, 3.63) is 64.5 Å². The van der Waals surface area contributed by atoms with Crippen LogP contribution in [-0.2, 0) is 11.3 Å². The molecular weight excluding hydrogens is 408 g/mol. The smallest absolute Gasteiger partial charge is 0.234 e. The van der Waals surface area contributed by atoms with Crippen LogP contribution < -0.4 is 10.1 Å². The highest BCUT2D eigenvalue weighted by Gasteiger charge is 2.20. The number of carbonyl (C=O) groups is 1. The van der Waals surface area contributed by atoms with Crippen molar-refractivity contribution in [2.45, 2.75) is 59.3 Å². The number of carbonyl (C=O) groups excluding carboxylic acids is 1. The molecule has 1 aromatic heterocycles. The zero-order valence-corrected chi connectivity index (χ0v) is 19.8. The molecule has 1 N–H and O–H groups in total. The van der Waals surface area contributed by atoms with Crippen molar-refractivity contribution in [1.82, 2.24) is 14.8 Å². The van der Waals surface area contributed by atoms with Crippen LogP contribution in [0.5, 0.6) is 5.75 Å². The lowest BCUT2D eigenvalue weighted by Crippen LogP contribution is -2.16. The van der Waals surface area contributed by atoms with Gasteiger partial charge >= 0.3 is 0 Å². The van der Waals surface area contributed by atoms with E-state index in [0.29, 0.717) is 11.7 Å². The van der Waals surface area contributed by atoms with Crippen LogP contribution in [0.15, 0.2) is 41.6 Å². The summed E-state index contributed by atoms with van der Waals surface area (Å²) in [5, 5.41) is 12.4. The van der Waals surface area contributed by atoms with Gasteiger partial charge in [-0.1, -0.05) is 47.2 Å². The van der Waals surface area contributed by atoms with E-state index in [2.05, 4.69) is 34.6 Å². The van der Waals surface area contributed by atoms with Gasteiger partial charge in [0.15, 0.2) is 17.1 Å². The van der Waals surface area contributed by atoms with Crippen molar-refractivity contribution in [3.63, 3.8) is 0 Å². The standard InChI is InChI=1S/C24H30N4O2S/c1-7-28-23(19(6)30-21-11-9-16(3)13-18(21)5)26-27-24(28)31-14-22(29)25-20-10-8-15(2)12-17(20)4/h8-13,19H,7,14H2,1-6H3,(H,25,29). The average Bonchev–Trinajstić information content (AvgIpc) is 3.13. The van der Waals surface area contributed by atoms with Crippen LogP contribution in [0.1, 0.15) is 48.0 Å². The van der Waals surface area contributed by atoms with Crippen molar-refractivity contribution in [3.8, 4) is 5.75 Å². The third kappa shape index (κ3) is 5.67. The zero-order valence-electron chi connectivity index (χ0n) is 19.0. The lowest BCUT2D eigenvalue weighted by Gasteiger charge is -2.17. The zero-order chi connectivity index (χ0) is 22.5. The first-order chi connectivity index (χ1) is 14.8. The number of nitrogens with zero attached hydrogens (tertiary/aromatic N) is 3. The number of hydrogen-bond donors (Lipinski definition) is 1. The maximum Gasteiger partial charge on any atom is 0.234 e. The first-order valence-electron chi connectivity index (χ1n) is 10.5. The number of aryl methyl sites for hydroxylation is 4. The highest BCUT2D eigenvalue weighted by molar-refractivity contribution is 7.99. The van der Waals surface area contributed by atoms with Crippen LogP contribution in [0, 0.1) is 27.7 Å². The lowest BCUT2D eigenvalue weighted by atomic mass is 10.1. The summed E-state index contributed by atoms with van der Waals surface area (Å²) >= 11 is 1.38. The van der Waals surface area contributed by atoms with Gasteiger partial charge in [-0.25, -0.2) is 0 Å². The van der Waals surface area contributed by atoms with Crippen molar-refractivity contribution >= 4 is 23.4 Å². The summed E-state index contributed by atoms with van der Waals surface area (Å²) in [5.74, 6) is 1.78. The molecule has 0 aliphatic heterocycles. The molecular formula is C24H30N4O2S. The molecule has 0 radical (unpaired) electrons. The summed E-state index contributed by atoms with van der Waals surface area (Å²) in [6.07, 6.45) is -0.257. The molecule has 7 heteroatoms. The van der Waals surface area contributed by atoms with Crippen LogP contribution in [-0.4, -0.2) is 26.4 Å². The van der Waals surface area contributed by atoms with E-state index in [4.69, 9.17) is 4.74 Å². The molecule has 2 aromatic carbocycles. The Balaban J connectivity index is 1.65. The molecule has 1 amide bonds. The molecule has 1 atom stereocenters. The minimum absolute atomic E-state index is 0.0660. The predicted molar refractivity (Wildman–Crippen MR) is 126 cm³/mol.